The van der Waals surface area contributed by atoms with Gasteiger partial charge in [0.05, 0.1) is 15.5 Å². The SMILES string of the molecule is CC(C)C(=O)N1CCSC12CCN(C(=O)c1ccccc1Cl)CC2. The van der Waals surface area contributed by atoms with Crippen molar-refractivity contribution >= 4 is 35.2 Å². The highest BCUT2D eigenvalue weighted by atomic mass is 35.5. The van der Waals surface area contributed by atoms with Gasteiger partial charge < -0.3 is 9.80 Å². The van der Waals surface area contributed by atoms with Crippen LogP contribution in [0.3, 0.4) is 0 Å². The summed E-state index contributed by atoms with van der Waals surface area (Å²) < 4.78 is 0. The van der Waals surface area contributed by atoms with Crippen LogP contribution in [0.2, 0.25) is 5.02 Å². The van der Waals surface area contributed by atoms with Gasteiger partial charge in [-0.2, -0.15) is 0 Å². The van der Waals surface area contributed by atoms with Gasteiger partial charge in [-0.05, 0) is 25.0 Å². The Balaban J connectivity index is 1.70. The van der Waals surface area contributed by atoms with Crippen LogP contribution >= 0.6 is 23.4 Å². The van der Waals surface area contributed by atoms with Crippen LogP contribution in [0.5, 0.6) is 0 Å². The fourth-order valence-electron chi connectivity index (χ4n) is 3.51. The molecule has 2 aliphatic rings. The second-order valence-electron chi connectivity index (χ2n) is 6.71. The number of likely N-dealkylation sites (tertiary alicyclic amines) is 1. The maximum Gasteiger partial charge on any atom is 0.255 e. The van der Waals surface area contributed by atoms with Crippen LogP contribution in [0.1, 0.15) is 37.0 Å². The molecule has 3 rings (SSSR count). The van der Waals surface area contributed by atoms with E-state index in [4.69, 9.17) is 11.6 Å². The second kappa shape index (κ2) is 6.96. The van der Waals surface area contributed by atoms with Crippen molar-refractivity contribution < 1.29 is 9.59 Å². The number of thioether (sulfide) groups is 1. The number of piperidine rings is 1. The molecule has 2 amide bonds. The van der Waals surface area contributed by atoms with Gasteiger partial charge in [-0.25, -0.2) is 0 Å². The van der Waals surface area contributed by atoms with Crippen LogP contribution < -0.4 is 0 Å². The minimum atomic E-state index is -0.126. The average molecular weight is 367 g/mol. The standard InChI is InChI=1S/C18H23ClN2O2S/c1-13(2)16(22)21-11-12-24-18(21)7-9-20(10-8-18)17(23)14-5-3-4-6-15(14)19/h3-6,13H,7-12H2,1-2H3. The normalized spacial score (nSPS) is 20.0. The molecule has 1 aromatic rings. The van der Waals surface area contributed by atoms with E-state index in [-0.39, 0.29) is 22.6 Å². The Morgan fingerprint density at radius 2 is 1.83 bits per heavy atom. The molecule has 0 aromatic heterocycles. The topological polar surface area (TPSA) is 40.6 Å². The van der Waals surface area contributed by atoms with E-state index in [1.54, 1.807) is 12.1 Å². The molecule has 0 N–H and O–H groups in total. The molecule has 2 heterocycles. The molecule has 0 aliphatic carbocycles. The van der Waals surface area contributed by atoms with Crippen LogP contribution in [-0.4, -0.2) is 51.9 Å². The van der Waals surface area contributed by atoms with Crippen molar-refractivity contribution in [3.63, 3.8) is 0 Å². The monoisotopic (exact) mass is 366 g/mol. The van der Waals surface area contributed by atoms with Crippen LogP contribution in [-0.2, 0) is 4.79 Å². The molecule has 24 heavy (non-hydrogen) atoms. The Hall–Kier alpha value is -1.20. The molecule has 2 saturated heterocycles. The van der Waals surface area contributed by atoms with E-state index < -0.39 is 0 Å². The Bertz CT molecular complexity index is 642. The van der Waals surface area contributed by atoms with Crippen LogP contribution in [0, 0.1) is 5.92 Å². The third-order valence-corrected chi connectivity index (χ3v) is 6.76. The largest absolute Gasteiger partial charge is 0.338 e. The summed E-state index contributed by atoms with van der Waals surface area (Å²) in [7, 11) is 0. The van der Waals surface area contributed by atoms with Crippen molar-refractivity contribution in [2.24, 2.45) is 5.92 Å². The maximum absolute atomic E-state index is 12.7. The van der Waals surface area contributed by atoms with E-state index in [9.17, 15) is 9.59 Å². The van der Waals surface area contributed by atoms with Crippen molar-refractivity contribution in [1.82, 2.24) is 9.80 Å². The summed E-state index contributed by atoms with van der Waals surface area (Å²) in [4.78, 5) is 29.0. The molecule has 0 bridgehead atoms. The number of halogens is 1. The highest BCUT2D eigenvalue weighted by Gasteiger charge is 2.47. The van der Waals surface area contributed by atoms with E-state index in [2.05, 4.69) is 4.90 Å². The number of nitrogens with zero attached hydrogens (tertiary/aromatic N) is 2. The maximum atomic E-state index is 12.7. The van der Waals surface area contributed by atoms with E-state index in [0.29, 0.717) is 23.7 Å². The third kappa shape index (κ3) is 3.16. The lowest BCUT2D eigenvalue weighted by Gasteiger charge is -2.44. The smallest absolute Gasteiger partial charge is 0.255 e. The van der Waals surface area contributed by atoms with Crippen molar-refractivity contribution in [3.8, 4) is 0 Å². The number of rotatable bonds is 2. The summed E-state index contributed by atoms with van der Waals surface area (Å²) in [5.74, 6) is 1.21. The molecule has 0 radical (unpaired) electrons. The third-order valence-electron chi connectivity index (χ3n) is 4.87. The minimum absolute atomic E-state index is 0.0137. The first-order valence-corrected chi connectivity index (χ1v) is 9.80. The Labute approximate surface area is 152 Å². The lowest BCUT2D eigenvalue weighted by atomic mass is 9.99. The number of carbonyl (C=O) groups is 2. The molecule has 1 aromatic carbocycles. The van der Waals surface area contributed by atoms with Crippen LogP contribution in [0.4, 0.5) is 0 Å². The molecule has 2 aliphatic heterocycles. The van der Waals surface area contributed by atoms with Crippen molar-refractivity contribution in [3.05, 3.63) is 34.9 Å². The molecule has 4 nitrogen and oxygen atoms in total. The lowest BCUT2D eigenvalue weighted by molar-refractivity contribution is -0.137. The molecule has 2 fully saturated rings. The van der Waals surface area contributed by atoms with Crippen LogP contribution in [0.15, 0.2) is 24.3 Å². The van der Waals surface area contributed by atoms with Crippen molar-refractivity contribution in [2.75, 3.05) is 25.4 Å². The average Bonchev–Trinajstić information content (AvgIpc) is 2.97. The summed E-state index contributed by atoms with van der Waals surface area (Å²) in [6.45, 7) is 6.06. The summed E-state index contributed by atoms with van der Waals surface area (Å²) in [5.41, 5.74) is 0.560. The van der Waals surface area contributed by atoms with E-state index in [1.165, 1.54) is 0 Å². The Morgan fingerprint density at radius 3 is 2.46 bits per heavy atom. The molecule has 0 saturated carbocycles. The van der Waals surface area contributed by atoms with Gasteiger partial charge in [0.1, 0.15) is 0 Å². The molecular formula is C18H23ClN2O2S. The number of benzene rings is 1. The highest BCUT2D eigenvalue weighted by molar-refractivity contribution is 8.00. The first-order valence-electron chi connectivity index (χ1n) is 8.44. The summed E-state index contributed by atoms with van der Waals surface area (Å²) >= 11 is 8.03. The number of hydrogen-bond acceptors (Lipinski definition) is 3. The quantitative estimate of drug-likeness (QED) is 0.804. The number of carbonyl (C=O) groups excluding carboxylic acids is 2. The molecule has 6 heteroatoms. The van der Waals surface area contributed by atoms with E-state index in [1.807, 2.05) is 42.6 Å². The predicted molar refractivity (Wildman–Crippen MR) is 98.3 cm³/mol. The zero-order valence-corrected chi connectivity index (χ0v) is 15.7. The minimum Gasteiger partial charge on any atom is -0.338 e. The number of hydrogen-bond donors (Lipinski definition) is 0. The molecule has 1 spiro atoms. The van der Waals surface area contributed by atoms with Gasteiger partial charge in [-0.15, -0.1) is 11.8 Å². The number of amides is 2. The van der Waals surface area contributed by atoms with Gasteiger partial charge in [0.25, 0.3) is 5.91 Å². The second-order valence-corrected chi connectivity index (χ2v) is 8.58. The molecule has 0 unspecified atom stereocenters. The van der Waals surface area contributed by atoms with Gasteiger partial charge >= 0.3 is 0 Å². The van der Waals surface area contributed by atoms with Gasteiger partial charge in [-0.3, -0.25) is 9.59 Å². The van der Waals surface area contributed by atoms with Gasteiger partial charge in [0.2, 0.25) is 5.91 Å². The summed E-state index contributed by atoms with van der Waals surface area (Å²) in [6.07, 6.45) is 1.65. The fraction of sp³-hybridized carbons (Fsp3) is 0.556. The van der Waals surface area contributed by atoms with Crippen LogP contribution in [0.25, 0.3) is 0 Å². The van der Waals surface area contributed by atoms with E-state index in [0.717, 1.165) is 25.1 Å². The first kappa shape index (κ1) is 17.6. The zero-order valence-electron chi connectivity index (χ0n) is 14.1. The van der Waals surface area contributed by atoms with Gasteiger partial charge in [0, 0.05) is 31.3 Å². The molecule has 0 atom stereocenters. The fourth-order valence-corrected chi connectivity index (χ4v) is 5.19. The van der Waals surface area contributed by atoms with Gasteiger partial charge in [-0.1, -0.05) is 37.6 Å². The summed E-state index contributed by atoms with van der Waals surface area (Å²) in [5, 5.41) is 0.495. The summed E-state index contributed by atoms with van der Waals surface area (Å²) in [6, 6.07) is 7.18. The molecular weight excluding hydrogens is 344 g/mol. The van der Waals surface area contributed by atoms with Crippen molar-refractivity contribution in [2.45, 2.75) is 31.6 Å². The van der Waals surface area contributed by atoms with Gasteiger partial charge in [0.15, 0.2) is 0 Å². The Kier molecular flexibility index (Phi) is 5.11. The first-order chi connectivity index (χ1) is 11.4. The zero-order chi connectivity index (χ0) is 17.3. The van der Waals surface area contributed by atoms with Crippen molar-refractivity contribution in [1.29, 1.82) is 0 Å². The predicted octanol–water partition coefficient (Wildman–Crippen LogP) is 3.50. The Morgan fingerprint density at radius 1 is 1.17 bits per heavy atom. The molecule has 130 valence electrons. The highest BCUT2D eigenvalue weighted by Crippen LogP contribution is 2.44. The lowest BCUT2D eigenvalue weighted by Crippen LogP contribution is -2.54. The van der Waals surface area contributed by atoms with E-state index >= 15 is 0 Å².